The lowest BCUT2D eigenvalue weighted by Gasteiger charge is -2.05. The number of hydrogen-bond acceptors (Lipinski definition) is 3. The van der Waals surface area contributed by atoms with Crippen LogP contribution in [-0.4, -0.2) is 42.8 Å². The number of fused-ring (bicyclic) bond motifs is 7. The maximum Gasteiger partial charge on any atom is 0.303 e. The summed E-state index contributed by atoms with van der Waals surface area (Å²) in [6.45, 7) is 14.2. The second kappa shape index (κ2) is 11.2. The van der Waals surface area contributed by atoms with E-state index in [0.29, 0.717) is 18.5 Å². The molecule has 8 bridgehead atoms. The summed E-state index contributed by atoms with van der Waals surface area (Å²) in [5, 5.41) is 22.8. The van der Waals surface area contributed by atoms with Crippen molar-refractivity contribution in [3.05, 3.63) is 89.6 Å². The number of hydrogen-bond donors (Lipinski definition) is 5. The van der Waals surface area contributed by atoms with Crippen LogP contribution in [0.4, 0.5) is 0 Å². The molecule has 8 nitrogen and oxygen atoms in total. The number of nitrogens with one attached hydrogen (secondary N) is 3. The van der Waals surface area contributed by atoms with Gasteiger partial charge in [0.25, 0.3) is 0 Å². The van der Waals surface area contributed by atoms with Crippen molar-refractivity contribution in [2.24, 2.45) is 4.99 Å². The van der Waals surface area contributed by atoms with E-state index < -0.39 is 11.9 Å². The van der Waals surface area contributed by atoms with Gasteiger partial charge in [-0.25, -0.2) is 4.99 Å². The van der Waals surface area contributed by atoms with Crippen molar-refractivity contribution in [3.63, 3.8) is 0 Å². The molecule has 0 fully saturated rings. The van der Waals surface area contributed by atoms with Gasteiger partial charge in [0.1, 0.15) is 0 Å². The lowest BCUT2D eigenvalue weighted by atomic mass is 9.99. The van der Waals surface area contributed by atoms with Crippen LogP contribution in [0.15, 0.2) is 28.4 Å². The minimum atomic E-state index is -0.875. The largest absolute Gasteiger partial charge is 0.481 e. The molecule has 0 atom stereocenters. The molecule has 0 aromatic carbocycles. The molecule has 0 saturated heterocycles. The molecule has 3 aromatic heterocycles. The average Bonchev–Trinajstić information content (AvgIpc) is 3.59. The summed E-state index contributed by atoms with van der Waals surface area (Å²) in [6, 6.07) is 0. The van der Waals surface area contributed by atoms with E-state index in [0.717, 1.165) is 83.0 Å². The van der Waals surface area contributed by atoms with E-state index in [9.17, 15) is 19.8 Å². The van der Waals surface area contributed by atoms with Gasteiger partial charge in [-0.05, 0) is 110 Å². The van der Waals surface area contributed by atoms with Gasteiger partial charge < -0.3 is 25.2 Å². The summed E-state index contributed by atoms with van der Waals surface area (Å²) < 4.78 is 0. The molecule has 3 aromatic rings. The van der Waals surface area contributed by atoms with Crippen LogP contribution in [0, 0.1) is 20.8 Å². The summed E-state index contributed by atoms with van der Waals surface area (Å²) in [7, 11) is 0. The highest BCUT2D eigenvalue weighted by Crippen LogP contribution is 2.33. The van der Waals surface area contributed by atoms with Crippen LogP contribution in [0.2, 0.25) is 0 Å². The van der Waals surface area contributed by atoms with E-state index in [2.05, 4.69) is 46.7 Å². The Balaban J connectivity index is 1.89. The molecule has 2 aliphatic heterocycles. The standard InChI is InChI=1S/C34H36N4O4/c1-7-21-17(3)25-13-26-19(5)23(9-11-33(39)40)31(37-26)16-32-24(10-12-34(41)42)20(6)28(38-32)15-30-22(8-2)18(4)27(36-30)14-29(21)35-25/h7-8,13-16,35-36,38H,1,9-12H2,2-6H3,(H,39,40)(H,41,42)/b22-8-,25-13?,29-14-,30-15-,31-16-. The van der Waals surface area contributed by atoms with E-state index in [-0.39, 0.29) is 12.8 Å². The topological polar surface area (TPSA) is 134 Å². The van der Waals surface area contributed by atoms with Crippen molar-refractivity contribution in [3.8, 4) is 0 Å². The predicted molar refractivity (Wildman–Crippen MR) is 168 cm³/mol. The Morgan fingerprint density at radius 1 is 0.810 bits per heavy atom. The predicted octanol–water partition coefficient (Wildman–Crippen LogP) is 3.49. The maximum atomic E-state index is 11.5. The van der Waals surface area contributed by atoms with Gasteiger partial charge in [0.2, 0.25) is 0 Å². The molecule has 0 amide bonds. The van der Waals surface area contributed by atoms with Crippen LogP contribution in [0.5, 0.6) is 0 Å². The highest BCUT2D eigenvalue weighted by Gasteiger charge is 2.22. The number of aromatic nitrogens is 3. The lowest BCUT2D eigenvalue weighted by molar-refractivity contribution is -0.138. The number of carboxylic acid groups (broad SMARTS) is 2. The van der Waals surface area contributed by atoms with Crippen molar-refractivity contribution in [2.45, 2.75) is 60.3 Å². The van der Waals surface area contributed by atoms with Gasteiger partial charge in [-0.1, -0.05) is 18.7 Å². The highest BCUT2D eigenvalue weighted by molar-refractivity contribution is 6.23. The zero-order valence-corrected chi connectivity index (χ0v) is 24.7. The summed E-state index contributed by atoms with van der Waals surface area (Å²) >= 11 is 0. The first-order valence-electron chi connectivity index (χ1n) is 14.1. The smallest absolute Gasteiger partial charge is 0.303 e. The summed E-state index contributed by atoms with van der Waals surface area (Å²) in [5.74, 6) is -1.74. The minimum absolute atomic E-state index is 0.00804. The van der Waals surface area contributed by atoms with Crippen LogP contribution < -0.4 is 21.3 Å². The van der Waals surface area contributed by atoms with E-state index in [1.807, 2.05) is 45.9 Å². The van der Waals surface area contributed by atoms with E-state index in [1.54, 1.807) is 0 Å². The van der Waals surface area contributed by atoms with Crippen LogP contribution in [0.25, 0.3) is 36.5 Å². The number of aliphatic carboxylic acids is 2. The van der Waals surface area contributed by atoms with Crippen molar-refractivity contribution in [1.82, 2.24) is 15.0 Å². The molecule has 5 heterocycles. The maximum absolute atomic E-state index is 11.5. The first kappa shape index (κ1) is 28.7. The van der Waals surface area contributed by atoms with Crippen molar-refractivity contribution in [2.75, 3.05) is 0 Å². The number of carboxylic acids is 2. The second-order valence-corrected chi connectivity index (χ2v) is 10.9. The Kier molecular flexibility index (Phi) is 7.65. The first-order chi connectivity index (χ1) is 20.0. The number of aromatic amines is 3. The van der Waals surface area contributed by atoms with Crippen LogP contribution in [-0.2, 0) is 16.0 Å². The van der Waals surface area contributed by atoms with Crippen molar-refractivity contribution in [1.29, 1.82) is 0 Å². The summed E-state index contributed by atoms with van der Waals surface area (Å²) in [6.07, 6.45) is 12.7. The third-order valence-electron chi connectivity index (χ3n) is 8.38. The summed E-state index contributed by atoms with van der Waals surface area (Å²) in [4.78, 5) is 38.7. The zero-order valence-electron chi connectivity index (χ0n) is 24.7. The molecule has 0 saturated carbocycles. The van der Waals surface area contributed by atoms with Gasteiger partial charge in [-0.15, -0.1) is 0 Å². The van der Waals surface area contributed by atoms with Gasteiger partial charge >= 0.3 is 11.9 Å². The summed E-state index contributed by atoms with van der Waals surface area (Å²) in [5.41, 5.74) is 10.9. The Labute approximate surface area is 243 Å². The Bertz CT molecular complexity index is 2000. The van der Waals surface area contributed by atoms with Gasteiger partial charge in [0.05, 0.1) is 11.4 Å². The molecule has 42 heavy (non-hydrogen) atoms. The molecular formula is C34H36N4O4. The molecule has 0 radical (unpaired) electrons. The Hall–Kier alpha value is -4.85. The number of aliphatic imine (C=N–C) groups is 1. The van der Waals surface area contributed by atoms with Crippen molar-refractivity contribution < 1.29 is 19.8 Å². The molecule has 0 aliphatic carbocycles. The molecule has 0 unspecified atom stereocenters. The third-order valence-corrected chi connectivity index (χ3v) is 8.38. The van der Waals surface area contributed by atoms with Gasteiger partial charge in [0, 0.05) is 51.5 Å². The average molecular weight is 565 g/mol. The molecule has 0 spiro atoms. The van der Waals surface area contributed by atoms with Crippen LogP contribution >= 0.6 is 0 Å². The normalized spacial score (nSPS) is 17.5. The number of nitrogens with zero attached hydrogens (tertiary/aromatic N) is 1. The van der Waals surface area contributed by atoms with E-state index in [4.69, 9.17) is 4.99 Å². The Morgan fingerprint density at radius 2 is 1.48 bits per heavy atom. The molecule has 5 N–H and O–H groups in total. The molecule has 2 aliphatic rings. The minimum Gasteiger partial charge on any atom is -0.481 e. The first-order valence-corrected chi connectivity index (χ1v) is 14.1. The zero-order chi connectivity index (χ0) is 30.3. The van der Waals surface area contributed by atoms with E-state index >= 15 is 0 Å². The monoisotopic (exact) mass is 564 g/mol. The Morgan fingerprint density at radius 3 is 2.14 bits per heavy atom. The number of carbonyl (C=O) groups is 2. The quantitative estimate of drug-likeness (QED) is 0.300. The molecule has 5 rings (SSSR count). The lowest BCUT2D eigenvalue weighted by Crippen LogP contribution is -2.23. The number of rotatable bonds is 7. The van der Waals surface area contributed by atoms with Gasteiger partial charge in [0.15, 0.2) is 0 Å². The number of H-pyrrole nitrogens is 3. The fourth-order valence-electron chi connectivity index (χ4n) is 5.96. The SMILES string of the molecule is C=Cc1c(C)c2[nH]/c1=C\c1[nH]c(/c(=C\C)c1C)=C\c1[nH]c(c(CCC(=O)O)c1C)/C=C1\N=C(C=2)C(C)=C1CCC(=O)O. The fourth-order valence-corrected chi connectivity index (χ4v) is 5.96. The highest BCUT2D eigenvalue weighted by atomic mass is 16.4. The molecule has 8 heteroatoms. The third kappa shape index (κ3) is 5.16. The van der Waals surface area contributed by atoms with Gasteiger partial charge in [-0.3, -0.25) is 9.59 Å². The second-order valence-electron chi connectivity index (χ2n) is 10.9. The van der Waals surface area contributed by atoms with Gasteiger partial charge in [-0.2, -0.15) is 0 Å². The van der Waals surface area contributed by atoms with E-state index in [1.165, 1.54) is 0 Å². The van der Waals surface area contributed by atoms with Crippen molar-refractivity contribution >= 4 is 54.1 Å². The fraction of sp³-hybridized carbons (Fsp3) is 0.265. The van der Waals surface area contributed by atoms with Crippen LogP contribution in [0.3, 0.4) is 0 Å². The molecular weight excluding hydrogens is 528 g/mol. The van der Waals surface area contributed by atoms with Crippen LogP contribution in [0.1, 0.15) is 78.0 Å². The number of allylic oxidation sites excluding steroid dienone is 2. The molecule has 216 valence electrons.